The van der Waals surface area contributed by atoms with Crippen molar-refractivity contribution >= 4 is 29.1 Å². The number of phenols is 1. The predicted octanol–water partition coefficient (Wildman–Crippen LogP) is 1.38. The highest BCUT2D eigenvalue weighted by Crippen LogP contribution is 2.53. The Balaban J connectivity index is 1.66. The van der Waals surface area contributed by atoms with E-state index in [2.05, 4.69) is 10.3 Å². The lowest BCUT2D eigenvalue weighted by Gasteiger charge is -2.46. The Labute approximate surface area is 215 Å². The third kappa shape index (κ3) is 3.51. The molecule has 0 bridgehead atoms. The van der Waals surface area contributed by atoms with Crippen LogP contribution in [0.2, 0.25) is 0 Å². The first-order valence-corrected chi connectivity index (χ1v) is 11.8. The number of hydroxylamine groups is 1. The van der Waals surface area contributed by atoms with Gasteiger partial charge in [0.15, 0.2) is 11.4 Å². The molecular weight excluding hydrogens is 496 g/mol. The Morgan fingerprint density at radius 2 is 1.84 bits per heavy atom. The zero-order chi connectivity index (χ0) is 27.5. The molecule has 2 aromatic rings. The lowest BCUT2D eigenvalue weighted by atomic mass is 9.59. The van der Waals surface area contributed by atoms with E-state index in [0.717, 1.165) is 0 Å². The van der Waals surface area contributed by atoms with Gasteiger partial charge in [0.2, 0.25) is 5.78 Å². The SMILES string of the molecule is CONC(=O)c1cccc(-c2ccc(O)c3c2C[C@H]2C[C@H]4CC(=O)C(C(N)=O)=C(O)[C@@]4(O)C(=O)C2=C3O)c1. The average molecular weight is 520 g/mol. The van der Waals surface area contributed by atoms with Gasteiger partial charge in [-0.25, -0.2) is 5.48 Å². The number of aromatic hydroxyl groups is 1. The summed E-state index contributed by atoms with van der Waals surface area (Å²) in [6.45, 7) is 0. The third-order valence-electron chi connectivity index (χ3n) is 7.58. The molecule has 196 valence electrons. The fourth-order valence-corrected chi connectivity index (χ4v) is 5.87. The number of nitrogens with two attached hydrogens (primary N) is 1. The quantitative estimate of drug-likeness (QED) is 0.255. The summed E-state index contributed by atoms with van der Waals surface area (Å²) in [5, 5.41) is 43.9. The number of carbonyl (C=O) groups excluding carboxylic acids is 4. The van der Waals surface area contributed by atoms with E-state index in [4.69, 9.17) is 5.73 Å². The van der Waals surface area contributed by atoms with Crippen LogP contribution in [0.15, 0.2) is 53.3 Å². The average Bonchev–Trinajstić information content (AvgIpc) is 2.86. The Bertz CT molecular complexity index is 1510. The predicted molar refractivity (Wildman–Crippen MR) is 131 cm³/mol. The van der Waals surface area contributed by atoms with E-state index in [0.29, 0.717) is 22.3 Å². The molecule has 11 nitrogen and oxygen atoms in total. The molecule has 1 saturated carbocycles. The Morgan fingerprint density at radius 3 is 2.53 bits per heavy atom. The number of aliphatic hydroxyl groups is 3. The zero-order valence-electron chi connectivity index (χ0n) is 20.1. The van der Waals surface area contributed by atoms with Crippen LogP contribution in [0.25, 0.3) is 16.9 Å². The van der Waals surface area contributed by atoms with Crippen LogP contribution in [-0.2, 0) is 25.6 Å². The fraction of sp³-hybridized carbons (Fsp3) is 0.259. The summed E-state index contributed by atoms with van der Waals surface area (Å²) in [6.07, 6.45) is -0.230. The van der Waals surface area contributed by atoms with Crippen molar-refractivity contribution in [2.45, 2.75) is 24.9 Å². The number of aliphatic hydroxyl groups excluding tert-OH is 2. The van der Waals surface area contributed by atoms with Gasteiger partial charge < -0.3 is 26.2 Å². The van der Waals surface area contributed by atoms with Gasteiger partial charge in [0.05, 0.1) is 12.7 Å². The highest BCUT2D eigenvalue weighted by Gasteiger charge is 2.60. The number of carbonyl (C=O) groups is 4. The number of nitrogens with one attached hydrogen (secondary N) is 1. The monoisotopic (exact) mass is 520 g/mol. The van der Waals surface area contributed by atoms with Crippen molar-refractivity contribution < 1.29 is 44.4 Å². The van der Waals surface area contributed by atoms with Crippen LogP contribution in [0.4, 0.5) is 0 Å². The molecule has 5 rings (SSSR count). The van der Waals surface area contributed by atoms with Crippen LogP contribution in [-0.4, -0.2) is 56.5 Å². The van der Waals surface area contributed by atoms with Crippen molar-refractivity contribution in [2.75, 3.05) is 7.11 Å². The summed E-state index contributed by atoms with van der Waals surface area (Å²) in [4.78, 5) is 54.8. The highest BCUT2D eigenvalue weighted by molar-refractivity contribution is 6.22. The van der Waals surface area contributed by atoms with Crippen LogP contribution >= 0.6 is 0 Å². The van der Waals surface area contributed by atoms with Crippen molar-refractivity contribution in [1.82, 2.24) is 5.48 Å². The number of ketones is 2. The minimum atomic E-state index is -2.62. The fourth-order valence-electron chi connectivity index (χ4n) is 5.87. The first kappa shape index (κ1) is 25.2. The first-order valence-electron chi connectivity index (χ1n) is 11.8. The Kier molecular flexibility index (Phi) is 5.85. The number of hydrogen-bond acceptors (Lipinski definition) is 9. The number of amides is 2. The maximum atomic E-state index is 13.6. The van der Waals surface area contributed by atoms with Crippen LogP contribution in [0, 0.1) is 11.8 Å². The van der Waals surface area contributed by atoms with Gasteiger partial charge in [0.1, 0.15) is 22.8 Å². The zero-order valence-corrected chi connectivity index (χ0v) is 20.1. The van der Waals surface area contributed by atoms with Crippen LogP contribution in [0.3, 0.4) is 0 Å². The lowest BCUT2D eigenvalue weighted by Crippen LogP contribution is -2.58. The molecule has 0 aromatic heterocycles. The molecule has 2 aromatic carbocycles. The van der Waals surface area contributed by atoms with Gasteiger partial charge in [-0.3, -0.25) is 24.0 Å². The molecule has 11 heteroatoms. The standard InChI is InChI=1S/C27H24N2O9/c1-38-29-26(36)12-4-2-3-11(7-12)15-5-6-17(30)20-16(15)9-13-8-14-10-18(31)21(25(28)35)24(34)27(14,37)23(33)19(13)22(20)32/h2-7,13-14,30,32,34,37H,8-10H2,1H3,(H2,28,35)(H,29,36)/t13-,14+,27+/m1/s1. The van der Waals surface area contributed by atoms with Crippen LogP contribution in [0.5, 0.6) is 5.75 Å². The summed E-state index contributed by atoms with van der Waals surface area (Å²) in [5.41, 5.74) is 5.72. The largest absolute Gasteiger partial charge is 0.508 e. The molecule has 1 fully saturated rings. The number of phenolic OH excluding ortho intramolecular Hbond substituents is 1. The van der Waals surface area contributed by atoms with Gasteiger partial charge in [-0.2, -0.15) is 0 Å². The second-order valence-electron chi connectivity index (χ2n) is 9.61. The Morgan fingerprint density at radius 1 is 1.11 bits per heavy atom. The van der Waals surface area contributed by atoms with Gasteiger partial charge in [0.25, 0.3) is 11.8 Å². The smallest absolute Gasteiger partial charge is 0.274 e. The van der Waals surface area contributed by atoms with E-state index < -0.39 is 64.3 Å². The highest BCUT2D eigenvalue weighted by atomic mass is 16.6. The van der Waals surface area contributed by atoms with E-state index in [1.807, 2.05) is 0 Å². The third-order valence-corrected chi connectivity index (χ3v) is 7.58. The molecule has 3 aliphatic rings. The molecule has 0 spiro atoms. The molecular formula is C27H24N2O9. The van der Waals surface area contributed by atoms with Gasteiger partial charge in [-0.1, -0.05) is 18.2 Å². The number of Topliss-reactive ketones (excluding diaryl/α,β-unsaturated/α-hetero) is 2. The molecule has 0 radical (unpaired) electrons. The minimum absolute atomic E-state index is 0.0221. The molecule has 7 N–H and O–H groups in total. The summed E-state index contributed by atoms with van der Waals surface area (Å²) in [6, 6.07) is 9.55. The number of hydrogen-bond donors (Lipinski definition) is 6. The topological polar surface area (TPSA) is 196 Å². The number of fused-ring (bicyclic) bond motifs is 3. The van der Waals surface area contributed by atoms with E-state index in [1.165, 1.54) is 13.2 Å². The normalized spacial score (nSPS) is 24.5. The molecule has 3 aliphatic carbocycles. The van der Waals surface area contributed by atoms with Gasteiger partial charge in [-0.15, -0.1) is 0 Å². The van der Waals surface area contributed by atoms with Crippen molar-refractivity contribution in [1.29, 1.82) is 0 Å². The second kappa shape index (κ2) is 8.82. The molecule has 2 amide bonds. The van der Waals surface area contributed by atoms with Crippen molar-refractivity contribution in [3.05, 3.63) is 70.0 Å². The van der Waals surface area contributed by atoms with Gasteiger partial charge in [0, 0.05) is 23.5 Å². The van der Waals surface area contributed by atoms with E-state index >= 15 is 0 Å². The van der Waals surface area contributed by atoms with E-state index in [-0.39, 0.29) is 29.7 Å². The number of benzene rings is 2. The Hall–Kier alpha value is -4.48. The molecule has 0 saturated heterocycles. The molecule has 0 heterocycles. The van der Waals surface area contributed by atoms with Gasteiger partial charge >= 0.3 is 0 Å². The van der Waals surface area contributed by atoms with Crippen molar-refractivity contribution in [2.24, 2.45) is 17.6 Å². The molecule has 0 unspecified atom stereocenters. The lowest BCUT2D eigenvalue weighted by molar-refractivity contribution is -0.147. The van der Waals surface area contributed by atoms with Crippen LogP contribution < -0.4 is 11.2 Å². The number of rotatable bonds is 4. The summed E-state index contributed by atoms with van der Waals surface area (Å²) in [5.74, 6) is -7.34. The summed E-state index contributed by atoms with van der Waals surface area (Å²) < 4.78 is 0. The van der Waals surface area contributed by atoms with Crippen molar-refractivity contribution in [3.8, 4) is 16.9 Å². The summed E-state index contributed by atoms with van der Waals surface area (Å²) >= 11 is 0. The summed E-state index contributed by atoms with van der Waals surface area (Å²) in [7, 11) is 1.31. The molecule has 0 aliphatic heterocycles. The number of primary amides is 1. The van der Waals surface area contributed by atoms with E-state index in [1.54, 1.807) is 30.3 Å². The maximum Gasteiger partial charge on any atom is 0.274 e. The van der Waals surface area contributed by atoms with Crippen LogP contribution in [0.1, 0.15) is 34.3 Å². The second-order valence-corrected chi connectivity index (χ2v) is 9.61. The van der Waals surface area contributed by atoms with E-state index in [9.17, 15) is 39.6 Å². The minimum Gasteiger partial charge on any atom is -0.508 e. The maximum absolute atomic E-state index is 13.6. The molecule has 3 atom stereocenters. The van der Waals surface area contributed by atoms with Gasteiger partial charge in [-0.05, 0) is 53.6 Å². The van der Waals surface area contributed by atoms with Crippen molar-refractivity contribution in [3.63, 3.8) is 0 Å². The first-order chi connectivity index (χ1) is 18.0. The molecule has 38 heavy (non-hydrogen) atoms.